The predicted molar refractivity (Wildman–Crippen MR) is 58.2 cm³/mol. The van der Waals surface area contributed by atoms with Crippen molar-refractivity contribution in [1.29, 1.82) is 0 Å². The number of carboxylic acids is 1. The number of carboxylic acid groups (broad SMARTS) is 1. The van der Waals surface area contributed by atoms with E-state index in [1.165, 1.54) is 0 Å². The van der Waals surface area contributed by atoms with Gasteiger partial charge >= 0.3 is 17.5 Å². The van der Waals surface area contributed by atoms with Crippen LogP contribution in [0.1, 0.15) is 6.92 Å². The highest BCUT2D eigenvalue weighted by molar-refractivity contribution is 8.00. The summed E-state index contributed by atoms with van der Waals surface area (Å²) in [5.41, 5.74) is -6.48. The minimum Gasteiger partial charge on any atom is -0.479 e. The molecular weight excluding hydrogens is 277 g/mol. The third-order valence-electron chi connectivity index (χ3n) is 1.71. The number of urea groups is 1. The summed E-state index contributed by atoms with van der Waals surface area (Å²) in [5.74, 6) is -1.87. The van der Waals surface area contributed by atoms with Gasteiger partial charge in [-0.15, -0.1) is 0 Å². The van der Waals surface area contributed by atoms with Crippen molar-refractivity contribution in [2.45, 2.75) is 18.0 Å². The van der Waals surface area contributed by atoms with Crippen LogP contribution in [0, 0.1) is 0 Å². The molecule has 4 N–H and O–H groups in total. The molecule has 1 unspecified atom stereocenters. The molecule has 0 heterocycles. The maximum atomic E-state index is 11.7. The smallest absolute Gasteiger partial charge is 0.441 e. The van der Waals surface area contributed by atoms with E-state index < -0.39 is 29.7 Å². The Kier molecular flexibility index (Phi) is 6.26. The van der Waals surface area contributed by atoms with Gasteiger partial charge in [-0.3, -0.25) is 0 Å². The van der Waals surface area contributed by atoms with Gasteiger partial charge in [-0.1, -0.05) is 0 Å². The van der Waals surface area contributed by atoms with Gasteiger partial charge in [0.15, 0.2) is 5.60 Å². The molecule has 0 aromatic heterocycles. The summed E-state index contributed by atoms with van der Waals surface area (Å²) in [4.78, 5) is 21.5. The third kappa shape index (κ3) is 8.01. The maximum absolute atomic E-state index is 11.7. The van der Waals surface area contributed by atoms with E-state index in [0.29, 0.717) is 0 Å². The Morgan fingerprint density at radius 3 is 2.28 bits per heavy atom. The molecule has 0 rings (SSSR count). The van der Waals surface area contributed by atoms with Crippen molar-refractivity contribution < 1.29 is 33.0 Å². The Hall–Kier alpha value is -1.16. The fourth-order valence-electron chi connectivity index (χ4n) is 0.722. The lowest BCUT2D eigenvalue weighted by atomic mass is 10.1. The molecule has 106 valence electrons. The molecule has 0 aliphatic heterocycles. The highest BCUT2D eigenvalue weighted by Crippen LogP contribution is 2.29. The van der Waals surface area contributed by atoms with E-state index in [4.69, 9.17) is 5.11 Å². The highest BCUT2D eigenvalue weighted by Gasteiger charge is 2.30. The van der Waals surface area contributed by atoms with E-state index >= 15 is 0 Å². The molecule has 0 bridgehead atoms. The minimum atomic E-state index is -4.36. The second-order valence-electron chi connectivity index (χ2n) is 3.48. The summed E-state index contributed by atoms with van der Waals surface area (Å²) in [6.07, 6.45) is 0. The number of aliphatic hydroxyl groups is 1. The molecule has 0 aromatic carbocycles. The van der Waals surface area contributed by atoms with Gasteiger partial charge in [-0.25, -0.2) is 9.59 Å². The van der Waals surface area contributed by atoms with Crippen LogP contribution in [0.4, 0.5) is 18.0 Å². The quantitative estimate of drug-likeness (QED) is 0.530. The number of rotatable bonds is 6. The monoisotopic (exact) mass is 290 g/mol. The van der Waals surface area contributed by atoms with E-state index in [2.05, 4.69) is 5.32 Å². The highest BCUT2D eigenvalue weighted by atomic mass is 32.2. The lowest BCUT2D eigenvalue weighted by Crippen LogP contribution is -2.49. The van der Waals surface area contributed by atoms with Gasteiger partial charge in [-0.2, -0.15) is 13.2 Å². The molecule has 0 saturated carbocycles. The lowest BCUT2D eigenvalue weighted by molar-refractivity contribution is -0.155. The normalized spacial score (nSPS) is 14.7. The number of amides is 2. The Morgan fingerprint density at radius 2 is 1.83 bits per heavy atom. The second-order valence-corrected chi connectivity index (χ2v) is 4.64. The molecule has 6 nitrogen and oxygen atoms in total. The molecule has 2 amide bonds. The summed E-state index contributed by atoms with van der Waals surface area (Å²) in [6.45, 7) is 0.195. The van der Waals surface area contributed by atoms with E-state index in [0.717, 1.165) is 6.92 Å². The van der Waals surface area contributed by atoms with Crippen molar-refractivity contribution in [3.8, 4) is 0 Å². The predicted octanol–water partition coefficient (Wildman–Crippen LogP) is 0.374. The van der Waals surface area contributed by atoms with E-state index in [9.17, 15) is 27.9 Å². The minimum absolute atomic E-state index is 0.231. The summed E-state index contributed by atoms with van der Waals surface area (Å²) in [7, 11) is 0. The van der Waals surface area contributed by atoms with E-state index in [1.807, 2.05) is 5.32 Å². The average Bonchev–Trinajstić information content (AvgIpc) is 2.20. The van der Waals surface area contributed by atoms with E-state index in [1.54, 1.807) is 0 Å². The number of hydrogen-bond acceptors (Lipinski definition) is 4. The average molecular weight is 290 g/mol. The van der Waals surface area contributed by atoms with Crippen molar-refractivity contribution in [2.75, 3.05) is 18.8 Å². The van der Waals surface area contributed by atoms with Crippen molar-refractivity contribution in [1.82, 2.24) is 10.6 Å². The number of nitrogens with one attached hydrogen (secondary N) is 2. The molecule has 0 saturated heterocycles. The van der Waals surface area contributed by atoms with Gasteiger partial charge in [0.05, 0.1) is 6.54 Å². The molecule has 0 fully saturated rings. The zero-order valence-electron chi connectivity index (χ0n) is 9.37. The van der Waals surface area contributed by atoms with Gasteiger partial charge in [0, 0.05) is 12.3 Å². The van der Waals surface area contributed by atoms with Gasteiger partial charge in [-0.05, 0) is 18.7 Å². The topological polar surface area (TPSA) is 98.7 Å². The van der Waals surface area contributed by atoms with Crippen LogP contribution in [0.3, 0.4) is 0 Å². The van der Waals surface area contributed by atoms with Crippen molar-refractivity contribution >= 4 is 23.8 Å². The van der Waals surface area contributed by atoms with Gasteiger partial charge in [0.1, 0.15) is 0 Å². The zero-order chi connectivity index (χ0) is 14.4. The summed E-state index contributed by atoms with van der Waals surface area (Å²) < 4.78 is 35.1. The number of thioether (sulfide) groups is 1. The first-order valence-corrected chi connectivity index (χ1v) is 5.71. The summed E-state index contributed by atoms with van der Waals surface area (Å²) in [6, 6.07) is -0.848. The molecule has 0 aliphatic carbocycles. The second kappa shape index (κ2) is 6.69. The summed E-state index contributed by atoms with van der Waals surface area (Å²) in [5, 5.41) is 21.9. The molecule has 0 spiro atoms. The van der Waals surface area contributed by atoms with E-state index in [-0.39, 0.29) is 24.1 Å². The fraction of sp³-hybridized carbons (Fsp3) is 0.750. The SMILES string of the molecule is CC(O)(CNC(=O)NCCSC(F)(F)F)C(=O)O. The molecule has 18 heavy (non-hydrogen) atoms. The van der Waals surface area contributed by atoms with Crippen molar-refractivity contribution in [2.24, 2.45) is 0 Å². The van der Waals surface area contributed by atoms with Crippen LogP contribution >= 0.6 is 11.8 Å². The Morgan fingerprint density at radius 1 is 1.28 bits per heavy atom. The molecule has 0 radical (unpaired) electrons. The Labute approximate surface area is 105 Å². The van der Waals surface area contributed by atoms with Crippen LogP contribution in [-0.2, 0) is 4.79 Å². The van der Waals surface area contributed by atoms with Gasteiger partial charge in [0.25, 0.3) is 0 Å². The maximum Gasteiger partial charge on any atom is 0.441 e. The van der Waals surface area contributed by atoms with Crippen LogP contribution < -0.4 is 10.6 Å². The summed E-state index contributed by atoms with van der Waals surface area (Å²) >= 11 is -0.282. The van der Waals surface area contributed by atoms with Gasteiger partial charge in [0.2, 0.25) is 0 Å². The van der Waals surface area contributed by atoms with Crippen molar-refractivity contribution in [3.63, 3.8) is 0 Å². The third-order valence-corrected chi connectivity index (χ3v) is 2.44. The molecule has 0 aromatic rings. The Bertz CT molecular complexity index is 309. The Balaban J connectivity index is 3.77. The standard InChI is InChI=1S/C8H13F3N2O4S/c1-7(17,5(14)15)4-13-6(16)12-2-3-18-8(9,10)11/h17H,2-4H2,1H3,(H,14,15)(H2,12,13,16). The van der Waals surface area contributed by atoms with Crippen LogP contribution in [-0.4, -0.2) is 52.2 Å². The number of carbonyl (C=O) groups excluding carboxylic acids is 1. The molecule has 1 atom stereocenters. The first-order chi connectivity index (χ1) is 8.04. The molecular formula is C8H13F3N2O4S. The number of carbonyl (C=O) groups is 2. The van der Waals surface area contributed by atoms with Gasteiger partial charge < -0.3 is 20.8 Å². The number of hydrogen-bond donors (Lipinski definition) is 4. The number of alkyl halides is 3. The first-order valence-electron chi connectivity index (χ1n) is 4.73. The lowest BCUT2D eigenvalue weighted by Gasteiger charge is -2.18. The van der Waals surface area contributed by atoms with Crippen LogP contribution in [0.15, 0.2) is 0 Å². The largest absolute Gasteiger partial charge is 0.479 e. The van der Waals surface area contributed by atoms with Crippen molar-refractivity contribution in [3.05, 3.63) is 0 Å². The van der Waals surface area contributed by atoms with Crippen LogP contribution in [0.2, 0.25) is 0 Å². The number of aliphatic carboxylic acids is 1. The number of halogens is 3. The molecule has 10 heteroatoms. The van der Waals surface area contributed by atoms with Crippen LogP contribution in [0.5, 0.6) is 0 Å². The zero-order valence-corrected chi connectivity index (χ0v) is 10.2. The fourth-order valence-corrected chi connectivity index (χ4v) is 1.16. The first kappa shape index (κ1) is 16.8. The van der Waals surface area contributed by atoms with Crippen LogP contribution in [0.25, 0.3) is 0 Å². The molecule has 0 aliphatic rings.